The van der Waals surface area contributed by atoms with Crippen LogP contribution in [-0.4, -0.2) is 50.8 Å². The van der Waals surface area contributed by atoms with Crippen molar-refractivity contribution in [2.24, 2.45) is 5.73 Å². The van der Waals surface area contributed by atoms with E-state index >= 15 is 0 Å². The van der Waals surface area contributed by atoms with Gasteiger partial charge in [-0.1, -0.05) is 103 Å². The quantitative estimate of drug-likeness (QED) is 0.127. The molecule has 2 aliphatic rings. The van der Waals surface area contributed by atoms with Crippen molar-refractivity contribution in [2.75, 3.05) is 19.8 Å². The number of nitrogens with one attached hydrogen (secondary N) is 1. The molecule has 6 atom stereocenters. The third-order valence-corrected chi connectivity index (χ3v) is 9.03. The van der Waals surface area contributed by atoms with Crippen LogP contribution in [0.4, 0.5) is 4.39 Å². The van der Waals surface area contributed by atoms with Crippen LogP contribution in [0.1, 0.15) is 86.7 Å². The topological polar surface area (TPSA) is 92.0 Å². The molecule has 0 aliphatic carbocycles. The maximum atomic E-state index is 13.2. The number of nitrogens with two attached hydrogens (primary N) is 1. The molecule has 0 radical (unpaired) electrons. The summed E-state index contributed by atoms with van der Waals surface area (Å²) < 4.78 is 36.3. The van der Waals surface area contributed by atoms with E-state index in [0.29, 0.717) is 13.0 Å². The van der Waals surface area contributed by atoms with Gasteiger partial charge in [-0.2, -0.15) is 0 Å². The summed E-state index contributed by atoms with van der Waals surface area (Å²) in [5.41, 5.74) is 10.2. The molecule has 2 saturated heterocycles. The van der Waals surface area contributed by atoms with Gasteiger partial charge in [0.05, 0.1) is 6.10 Å². The van der Waals surface area contributed by atoms with E-state index in [0.717, 1.165) is 75.6 Å². The Morgan fingerprint density at radius 2 is 1.23 bits per heavy atom. The van der Waals surface area contributed by atoms with Crippen molar-refractivity contribution in [2.45, 2.75) is 102 Å². The lowest BCUT2D eigenvalue weighted by Gasteiger charge is -2.29. The molecular formula is C44H57FN2O5. The minimum absolute atomic E-state index is 0.0188. The lowest BCUT2D eigenvalue weighted by Crippen LogP contribution is -2.37. The van der Waals surface area contributed by atoms with Crippen molar-refractivity contribution in [3.05, 3.63) is 143 Å². The maximum absolute atomic E-state index is 13.2. The first kappa shape index (κ1) is 41.0. The number of halogens is 1. The summed E-state index contributed by atoms with van der Waals surface area (Å²) in [6.07, 6.45) is 7.72. The van der Waals surface area contributed by atoms with Crippen LogP contribution in [0.25, 0.3) is 0 Å². The van der Waals surface area contributed by atoms with Gasteiger partial charge in [0.1, 0.15) is 18.2 Å². The van der Waals surface area contributed by atoms with Crippen LogP contribution in [0.2, 0.25) is 0 Å². The second-order valence-electron chi connectivity index (χ2n) is 13.4. The van der Waals surface area contributed by atoms with E-state index in [1.807, 2.05) is 85.8 Å². The van der Waals surface area contributed by atoms with E-state index in [9.17, 15) is 9.18 Å². The first-order chi connectivity index (χ1) is 25.4. The molecule has 4 aromatic carbocycles. The number of carbonyl (C=O) groups excluding carboxylic acids is 1. The van der Waals surface area contributed by atoms with Crippen LogP contribution in [-0.2, 0) is 36.6 Å². The van der Waals surface area contributed by atoms with Crippen LogP contribution >= 0.6 is 0 Å². The number of rotatable bonds is 14. The summed E-state index contributed by atoms with van der Waals surface area (Å²) in [5.74, 6) is -0.211. The Balaban J connectivity index is 0.000000198. The van der Waals surface area contributed by atoms with Gasteiger partial charge in [-0.15, -0.1) is 0 Å². The second-order valence-corrected chi connectivity index (χ2v) is 13.4. The summed E-state index contributed by atoms with van der Waals surface area (Å²) in [6, 6.07) is 37.4. The maximum Gasteiger partial charge on any atom is 0.158 e. The number of ether oxygens (including phenoxy) is 4. The Labute approximate surface area is 310 Å². The Kier molecular flexibility index (Phi) is 18.7. The van der Waals surface area contributed by atoms with Crippen molar-refractivity contribution in [1.82, 2.24) is 5.32 Å². The highest BCUT2D eigenvalue weighted by molar-refractivity contribution is 5.56. The molecule has 0 spiro atoms. The third kappa shape index (κ3) is 15.9. The smallest absolute Gasteiger partial charge is 0.158 e. The van der Waals surface area contributed by atoms with E-state index in [-0.39, 0.29) is 36.6 Å². The molecule has 280 valence electrons. The number of hydrogen-bond donors (Lipinski definition) is 2. The molecule has 0 aromatic heterocycles. The predicted molar refractivity (Wildman–Crippen MR) is 205 cm³/mol. The molecule has 0 saturated carbocycles. The molecule has 8 heteroatoms. The standard InChI is InChI=1S/C22H28FNO2.C14H18O3.C8H11N/c1-17(19-7-3-2-4-8-19)24-16-21(26-22-9-5-6-14-25-22)15-18-10-12-20(23)13-11-18;15-11-13(10-12-6-2-1-3-7-12)17-14-8-4-5-9-16-14;1-7(9)8-5-3-2-4-6-8/h2-4,7-8,10-13,17,21-22,24H,5-6,9,14-16H2,1H3;1-3,6-7,11,13-14H,4-5,8-10H2;2-7H,9H2,1H3/t17-,21+,22?;13-,14?;7-/m101/s1. The summed E-state index contributed by atoms with van der Waals surface area (Å²) in [4.78, 5) is 11.0. The Morgan fingerprint density at radius 1 is 0.712 bits per heavy atom. The largest absolute Gasteiger partial charge is 0.353 e. The number of benzene rings is 4. The highest BCUT2D eigenvalue weighted by Crippen LogP contribution is 2.19. The first-order valence-electron chi connectivity index (χ1n) is 18.8. The van der Waals surface area contributed by atoms with Gasteiger partial charge in [0.25, 0.3) is 0 Å². The van der Waals surface area contributed by atoms with Crippen LogP contribution in [0, 0.1) is 5.82 Å². The number of hydrogen-bond acceptors (Lipinski definition) is 7. The molecule has 2 heterocycles. The molecule has 0 amide bonds. The van der Waals surface area contributed by atoms with Crippen LogP contribution in [0.3, 0.4) is 0 Å². The summed E-state index contributed by atoms with van der Waals surface area (Å²) >= 11 is 0. The number of aldehydes is 1. The molecule has 7 nitrogen and oxygen atoms in total. The van der Waals surface area contributed by atoms with Crippen LogP contribution in [0.15, 0.2) is 115 Å². The summed E-state index contributed by atoms with van der Waals surface area (Å²) in [7, 11) is 0. The molecule has 3 N–H and O–H groups in total. The number of carbonyl (C=O) groups is 1. The van der Waals surface area contributed by atoms with Gasteiger partial charge in [-0.05, 0) is 93.2 Å². The second kappa shape index (κ2) is 23.7. The van der Waals surface area contributed by atoms with Gasteiger partial charge in [0, 0.05) is 38.3 Å². The molecule has 2 aliphatic heterocycles. The molecule has 52 heavy (non-hydrogen) atoms. The fraction of sp³-hybridized carbons (Fsp3) is 0.432. The van der Waals surface area contributed by atoms with E-state index < -0.39 is 6.10 Å². The lowest BCUT2D eigenvalue weighted by atomic mass is 10.1. The van der Waals surface area contributed by atoms with Crippen molar-refractivity contribution < 1.29 is 28.1 Å². The third-order valence-electron chi connectivity index (χ3n) is 9.03. The molecule has 2 unspecified atom stereocenters. The average molecular weight is 713 g/mol. The van der Waals surface area contributed by atoms with Gasteiger partial charge in [0.2, 0.25) is 0 Å². The minimum atomic E-state index is -0.402. The van der Waals surface area contributed by atoms with Gasteiger partial charge in [0.15, 0.2) is 12.6 Å². The predicted octanol–water partition coefficient (Wildman–Crippen LogP) is 8.68. The fourth-order valence-electron chi connectivity index (χ4n) is 6.00. The highest BCUT2D eigenvalue weighted by Gasteiger charge is 2.22. The first-order valence-corrected chi connectivity index (χ1v) is 18.8. The summed E-state index contributed by atoms with van der Waals surface area (Å²) in [5, 5.41) is 3.57. The van der Waals surface area contributed by atoms with Gasteiger partial charge in [-0.25, -0.2) is 4.39 Å². The Hall–Kier alpha value is -3.76. The zero-order valence-electron chi connectivity index (χ0n) is 30.8. The highest BCUT2D eigenvalue weighted by atomic mass is 19.1. The molecule has 2 fully saturated rings. The van der Waals surface area contributed by atoms with Gasteiger partial charge >= 0.3 is 0 Å². The van der Waals surface area contributed by atoms with Crippen molar-refractivity contribution in [1.29, 1.82) is 0 Å². The Morgan fingerprint density at radius 3 is 1.73 bits per heavy atom. The fourth-order valence-corrected chi connectivity index (χ4v) is 6.00. The SMILES string of the molecule is C[C@@H](N)c1ccccc1.C[C@@H](NC[C@H](Cc1ccc(F)cc1)OC1CCCCO1)c1ccccc1.O=C[C@H](Cc1ccccc1)OC1CCCCO1. The van der Waals surface area contributed by atoms with Gasteiger partial charge < -0.3 is 34.8 Å². The molecule has 4 aromatic rings. The average Bonchev–Trinajstić information content (AvgIpc) is 3.20. The molecule has 0 bridgehead atoms. The summed E-state index contributed by atoms with van der Waals surface area (Å²) in [6.45, 7) is 6.35. The Bertz CT molecular complexity index is 1480. The van der Waals surface area contributed by atoms with Crippen molar-refractivity contribution >= 4 is 6.29 Å². The monoisotopic (exact) mass is 712 g/mol. The minimum Gasteiger partial charge on any atom is -0.353 e. The van der Waals surface area contributed by atoms with Crippen LogP contribution in [0.5, 0.6) is 0 Å². The van der Waals surface area contributed by atoms with Crippen molar-refractivity contribution in [3.63, 3.8) is 0 Å². The lowest BCUT2D eigenvalue weighted by molar-refractivity contribution is -0.187. The van der Waals surface area contributed by atoms with Gasteiger partial charge in [-0.3, -0.25) is 0 Å². The van der Waals surface area contributed by atoms with E-state index in [1.165, 1.54) is 23.3 Å². The van der Waals surface area contributed by atoms with Crippen molar-refractivity contribution in [3.8, 4) is 0 Å². The normalized spacial score (nSPS) is 19.4. The molecule has 6 rings (SSSR count). The molecular weight excluding hydrogens is 655 g/mol. The zero-order valence-corrected chi connectivity index (χ0v) is 30.8. The van der Waals surface area contributed by atoms with E-state index in [1.54, 1.807) is 0 Å². The van der Waals surface area contributed by atoms with Crippen LogP contribution < -0.4 is 11.1 Å². The van der Waals surface area contributed by atoms with E-state index in [2.05, 4.69) is 36.5 Å². The van der Waals surface area contributed by atoms with E-state index in [4.69, 9.17) is 24.7 Å². The zero-order chi connectivity index (χ0) is 36.8.